The highest BCUT2D eigenvalue weighted by Gasteiger charge is 2.21. The van der Waals surface area contributed by atoms with Crippen molar-refractivity contribution in [3.63, 3.8) is 0 Å². The maximum atomic E-state index is 12.4. The van der Waals surface area contributed by atoms with Crippen LogP contribution in [-0.2, 0) is 14.8 Å². The molecule has 21 heavy (non-hydrogen) atoms. The summed E-state index contributed by atoms with van der Waals surface area (Å²) in [4.78, 5) is 14.2. The second-order valence-electron chi connectivity index (χ2n) is 5.14. The molecule has 7 heteroatoms. The Morgan fingerprint density at radius 2 is 1.90 bits per heavy atom. The molecule has 0 unspecified atom stereocenters. The number of hydrogen-bond donors (Lipinski definition) is 0. The van der Waals surface area contributed by atoms with Crippen molar-refractivity contribution in [2.45, 2.75) is 6.92 Å². The van der Waals surface area contributed by atoms with Crippen LogP contribution < -0.4 is 4.31 Å². The van der Waals surface area contributed by atoms with Crippen LogP contribution in [0.15, 0.2) is 18.2 Å². The van der Waals surface area contributed by atoms with E-state index in [1.807, 2.05) is 6.92 Å². The molecule has 0 atom stereocenters. The Hall–Kier alpha value is -1.60. The number of hydrogen-bond acceptors (Lipinski definition) is 4. The van der Waals surface area contributed by atoms with E-state index < -0.39 is 10.0 Å². The lowest BCUT2D eigenvalue weighted by molar-refractivity contribution is 0.0303. The molecule has 0 bridgehead atoms. The maximum absolute atomic E-state index is 12.4. The molecule has 0 aromatic heterocycles. The Kier molecular flexibility index (Phi) is 4.53. The summed E-state index contributed by atoms with van der Waals surface area (Å²) in [7, 11) is -1.87. The summed E-state index contributed by atoms with van der Waals surface area (Å²) in [5.74, 6) is -0.0959. The van der Waals surface area contributed by atoms with E-state index >= 15 is 0 Å². The second kappa shape index (κ2) is 6.03. The Balaban J connectivity index is 2.32. The average molecular weight is 312 g/mol. The van der Waals surface area contributed by atoms with Crippen molar-refractivity contribution in [2.75, 3.05) is 43.9 Å². The molecule has 116 valence electrons. The van der Waals surface area contributed by atoms with Gasteiger partial charge in [0.05, 0.1) is 25.2 Å². The van der Waals surface area contributed by atoms with Gasteiger partial charge in [0.1, 0.15) is 0 Å². The number of benzene rings is 1. The number of rotatable bonds is 3. The van der Waals surface area contributed by atoms with Gasteiger partial charge in [0.15, 0.2) is 0 Å². The smallest absolute Gasteiger partial charge is 0.254 e. The van der Waals surface area contributed by atoms with Crippen molar-refractivity contribution in [3.05, 3.63) is 29.3 Å². The van der Waals surface area contributed by atoms with Crippen LogP contribution >= 0.6 is 0 Å². The van der Waals surface area contributed by atoms with E-state index in [0.29, 0.717) is 37.6 Å². The molecule has 1 fully saturated rings. The van der Waals surface area contributed by atoms with E-state index in [1.54, 1.807) is 23.1 Å². The molecule has 0 aliphatic carbocycles. The minimum absolute atomic E-state index is 0.0959. The summed E-state index contributed by atoms with van der Waals surface area (Å²) in [6.07, 6.45) is 1.14. The number of aryl methyl sites for hydroxylation is 1. The molecule has 0 saturated carbocycles. The average Bonchev–Trinajstić information content (AvgIpc) is 2.46. The van der Waals surface area contributed by atoms with Crippen molar-refractivity contribution in [3.8, 4) is 0 Å². The van der Waals surface area contributed by atoms with E-state index in [1.165, 1.54) is 11.4 Å². The highest BCUT2D eigenvalue weighted by Crippen LogP contribution is 2.23. The Morgan fingerprint density at radius 1 is 1.29 bits per heavy atom. The molecule has 1 amide bonds. The third kappa shape index (κ3) is 3.54. The van der Waals surface area contributed by atoms with Crippen LogP contribution in [0.5, 0.6) is 0 Å². The quantitative estimate of drug-likeness (QED) is 0.830. The molecule has 1 aromatic rings. The maximum Gasteiger partial charge on any atom is 0.254 e. The molecule has 0 spiro atoms. The van der Waals surface area contributed by atoms with Gasteiger partial charge in [-0.25, -0.2) is 8.42 Å². The third-order valence-corrected chi connectivity index (χ3v) is 4.78. The van der Waals surface area contributed by atoms with Crippen LogP contribution in [0.2, 0.25) is 0 Å². The van der Waals surface area contributed by atoms with Gasteiger partial charge >= 0.3 is 0 Å². The van der Waals surface area contributed by atoms with Crippen LogP contribution in [0.1, 0.15) is 15.9 Å². The van der Waals surface area contributed by atoms with Crippen LogP contribution in [0.4, 0.5) is 5.69 Å². The summed E-state index contributed by atoms with van der Waals surface area (Å²) in [6, 6.07) is 5.13. The second-order valence-corrected chi connectivity index (χ2v) is 7.15. The van der Waals surface area contributed by atoms with Crippen molar-refractivity contribution >= 4 is 21.6 Å². The van der Waals surface area contributed by atoms with Crippen molar-refractivity contribution in [1.29, 1.82) is 0 Å². The number of ether oxygens (including phenoxy) is 1. The van der Waals surface area contributed by atoms with Gasteiger partial charge in [-0.3, -0.25) is 9.10 Å². The van der Waals surface area contributed by atoms with E-state index in [2.05, 4.69) is 0 Å². The molecule has 6 nitrogen and oxygen atoms in total. The first-order chi connectivity index (χ1) is 9.80. The highest BCUT2D eigenvalue weighted by atomic mass is 32.2. The van der Waals surface area contributed by atoms with Crippen molar-refractivity contribution in [1.82, 2.24) is 4.90 Å². The fraction of sp³-hybridized carbons (Fsp3) is 0.500. The van der Waals surface area contributed by atoms with Gasteiger partial charge in [0, 0.05) is 25.7 Å². The number of carbonyl (C=O) groups is 1. The minimum Gasteiger partial charge on any atom is -0.378 e. The van der Waals surface area contributed by atoms with Gasteiger partial charge in [0.25, 0.3) is 5.91 Å². The third-order valence-electron chi connectivity index (χ3n) is 3.59. The van der Waals surface area contributed by atoms with E-state index in [9.17, 15) is 13.2 Å². The first kappa shape index (κ1) is 15.8. The number of amides is 1. The molecule has 1 aromatic carbocycles. The Morgan fingerprint density at radius 3 is 2.48 bits per heavy atom. The van der Waals surface area contributed by atoms with Gasteiger partial charge in [-0.2, -0.15) is 0 Å². The molecular weight excluding hydrogens is 292 g/mol. The zero-order valence-corrected chi connectivity index (χ0v) is 13.3. The topological polar surface area (TPSA) is 66.9 Å². The molecule has 2 rings (SSSR count). The molecule has 1 saturated heterocycles. The predicted octanol–water partition coefficient (Wildman–Crippen LogP) is 0.863. The fourth-order valence-electron chi connectivity index (χ4n) is 2.21. The summed E-state index contributed by atoms with van der Waals surface area (Å²) in [5.41, 5.74) is 1.83. The van der Waals surface area contributed by atoms with Gasteiger partial charge in [-0.05, 0) is 24.6 Å². The lowest BCUT2D eigenvalue weighted by atomic mass is 10.1. The molecule has 1 aliphatic rings. The monoisotopic (exact) mass is 312 g/mol. The zero-order chi connectivity index (χ0) is 15.6. The van der Waals surface area contributed by atoms with Crippen molar-refractivity contribution < 1.29 is 17.9 Å². The number of anilines is 1. The summed E-state index contributed by atoms with van der Waals surface area (Å²) >= 11 is 0. The number of carbonyl (C=O) groups excluding carboxylic acids is 1. The fourth-order valence-corrected chi connectivity index (χ4v) is 2.76. The van der Waals surface area contributed by atoms with Gasteiger partial charge < -0.3 is 9.64 Å². The molecule has 1 aliphatic heterocycles. The van der Waals surface area contributed by atoms with Crippen LogP contribution in [0.25, 0.3) is 0 Å². The first-order valence-corrected chi connectivity index (χ1v) is 8.57. The van der Waals surface area contributed by atoms with E-state index in [0.717, 1.165) is 11.8 Å². The Bertz CT molecular complexity index is 636. The van der Waals surface area contributed by atoms with E-state index in [-0.39, 0.29) is 5.91 Å². The number of nitrogens with zero attached hydrogens (tertiary/aromatic N) is 2. The molecule has 0 radical (unpaired) electrons. The normalized spacial score (nSPS) is 15.9. The largest absolute Gasteiger partial charge is 0.378 e. The number of sulfonamides is 1. The van der Waals surface area contributed by atoms with Crippen LogP contribution in [0.3, 0.4) is 0 Å². The number of morpholine rings is 1. The molecule has 1 heterocycles. The zero-order valence-electron chi connectivity index (χ0n) is 12.5. The lowest BCUT2D eigenvalue weighted by Crippen LogP contribution is -2.40. The SMILES string of the molecule is Cc1ccc(C(=O)N2CCOCC2)cc1N(C)S(C)(=O)=O. The van der Waals surface area contributed by atoms with E-state index in [4.69, 9.17) is 4.74 Å². The van der Waals surface area contributed by atoms with Crippen molar-refractivity contribution in [2.24, 2.45) is 0 Å². The van der Waals surface area contributed by atoms with Crippen LogP contribution in [0, 0.1) is 6.92 Å². The summed E-state index contributed by atoms with van der Waals surface area (Å²) < 4.78 is 29.8. The summed E-state index contributed by atoms with van der Waals surface area (Å²) in [5, 5.41) is 0. The molecule has 0 N–H and O–H groups in total. The highest BCUT2D eigenvalue weighted by molar-refractivity contribution is 7.92. The molecular formula is C14H20N2O4S. The van der Waals surface area contributed by atoms with Gasteiger partial charge in [0.2, 0.25) is 10.0 Å². The lowest BCUT2D eigenvalue weighted by Gasteiger charge is -2.27. The standard InChI is InChI=1S/C14H20N2O4S/c1-11-4-5-12(10-13(11)15(2)21(3,18)19)14(17)16-6-8-20-9-7-16/h4-5,10H,6-9H2,1-3H3. The Labute approximate surface area is 125 Å². The predicted molar refractivity (Wildman–Crippen MR) is 81.1 cm³/mol. The minimum atomic E-state index is -3.36. The van der Waals surface area contributed by atoms with Gasteiger partial charge in [-0.15, -0.1) is 0 Å². The van der Waals surface area contributed by atoms with Crippen LogP contribution in [-0.4, -0.2) is 58.8 Å². The first-order valence-electron chi connectivity index (χ1n) is 6.72. The van der Waals surface area contributed by atoms with Gasteiger partial charge in [-0.1, -0.05) is 6.07 Å². The summed E-state index contributed by atoms with van der Waals surface area (Å²) in [6.45, 7) is 4.01.